The summed E-state index contributed by atoms with van der Waals surface area (Å²) >= 11 is 0. The van der Waals surface area contributed by atoms with Gasteiger partial charge in [0.15, 0.2) is 0 Å². The summed E-state index contributed by atoms with van der Waals surface area (Å²) < 4.78 is 0. The van der Waals surface area contributed by atoms with Crippen molar-refractivity contribution in [1.29, 1.82) is 0 Å². The van der Waals surface area contributed by atoms with Gasteiger partial charge in [-0.25, -0.2) is 0 Å². The molecule has 29 heavy (non-hydrogen) atoms. The molecule has 1 amide bonds. The highest BCUT2D eigenvalue weighted by Crippen LogP contribution is 2.27. The highest BCUT2D eigenvalue weighted by molar-refractivity contribution is 6.11. The van der Waals surface area contributed by atoms with Gasteiger partial charge in [0.05, 0.1) is 17.3 Å². The molecule has 1 heterocycles. The van der Waals surface area contributed by atoms with Crippen LogP contribution in [0.15, 0.2) is 90.1 Å². The molecule has 0 aromatic heterocycles. The van der Waals surface area contributed by atoms with Crippen molar-refractivity contribution in [1.82, 2.24) is 5.32 Å². The largest absolute Gasteiger partial charge is 0.374 e. The number of allylic oxidation sites excluding steroid dienone is 2. The fourth-order valence-electron chi connectivity index (χ4n) is 3.67. The van der Waals surface area contributed by atoms with E-state index in [9.17, 15) is 4.79 Å². The van der Waals surface area contributed by atoms with E-state index in [0.717, 1.165) is 35.4 Å². The molecule has 1 unspecified atom stereocenters. The third kappa shape index (κ3) is 4.24. The molecule has 0 saturated heterocycles. The number of hydrogen-bond acceptors (Lipinski definition) is 2. The second-order valence-electron chi connectivity index (χ2n) is 7.57. The van der Waals surface area contributed by atoms with Crippen LogP contribution < -0.4 is 10.6 Å². The van der Waals surface area contributed by atoms with Crippen molar-refractivity contribution in [3.05, 3.63) is 107 Å². The van der Waals surface area contributed by atoms with Gasteiger partial charge < -0.3 is 10.6 Å². The molecule has 1 aliphatic heterocycles. The van der Waals surface area contributed by atoms with Crippen molar-refractivity contribution in [2.24, 2.45) is 0 Å². The molecule has 2 aliphatic rings. The predicted molar refractivity (Wildman–Crippen MR) is 120 cm³/mol. The molecule has 3 heteroatoms. The van der Waals surface area contributed by atoms with Crippen molar-refractivity contribution in [2.75, 3.05) is 5.32 Å². The maximum atomic E-state index is 13.1. The lowest BCUT2D eigenvalue weighted by atomic mass is 9.93. The van der Waals surface area contributed by atoms with Gasteiger partial charge in [0.2, 0.25) is 0 Å². The van der Waals surface area contributed by atoms with E-state index in [2.05, 4.69) is 48.8 Å². The van der Waals surface area contributed by atoms with E-state index in [1.807, 2.05) is 54.6 Å². The molecule has 2 aromatic rings. The van der Waals surface area contributed by atoms with E-state index in [1.54, 1.807) is 0 Å². The first-order valence-electron chi connectivity index (χ1n) is 10.1. The molecule has 0 fully saturated rings. The molecule has 0 saturated carbocycles. The number of anilines is 1. The van der Waals surface area contributed by atoms with Crippen LogP contribution in [0.2, 0.25) is 0 Å². The summed E-state index contributed by atoms with van der Waals surface area (Å²) in [6.45, 7) is 4.12. The molecule has 1 atom stereocenters. The van der Waals surface area contributed by atoms with Gasteiger partial charge in [0.1, 0.15) is 0 Å². The van der Waals surface area contributed by atoms with Gasteiger partial charge in [-0.3, -0.25) is 4.79 Å². The van der Waals surface area contributed by atoms with Crippen LogP contribution in [0.25, 0.3) is 5.70 Å². The van der Waals surface area contributed by atoms with Crippen LogP contribution in [0.3, 0.4) is 0 Å². The Kier molecular flexibility index (Phi) is 5.48. The molecule has 1 aliphatic carbocycles. The van der Waals surface area contributed by atoms with Crippen molar-refractivity contribution in [3.63, 3.8) is 0 Å². The van der Waals surface area contributed by atoms with Gasteiger partial charge in [-0.15, -0.1) is 0 Å². The Balaban J connectivity index is 1.66. The number of dihydropyridines is 1. The highest BCUT2D eigenvalue weighted by Gasteiger charge is 2.23. The van der Waals surface area contributed by atoms with Crippen molar-refractivity contribution < 1.29 is 4.79 Å². The van der Waals surface area contributed by atoms with Gasteiger partial charge >= 0.3 is 0 Å². The number of hydrogen-bond donors (Lipinski definition) is 2. The molecule has 0 spiro atoms. The Labute approximate surface area is 172 Å². The maximum Gasteiger partial charge on any atom is 0.257 e. The minimum atomic E-state index is -0.109. The average molecular weight is 383 g/mol. The summed E-state index contributed by atoms with van der Waals surface area (Å²) in [7, 11) is 0. The first-order valence-corrected chi connectivity index (χ1v) is 10.1. The van der Waals surface area contributed by atoms with E-state index < -0.39 is 0 Å². The third-order valence-corrected chi connectivity index (χ3v) is 5.48. The van der Waals surface area contributed by atoms with Crippen LogP contribution in [0.4, 0.5) is 5.69 Å². The molecule has 2 N–H and O–H groups in total. The molecule has 0 bridgehead atoms. The Morgan fingerprint density at radius 2 is 1.83 bits per heavy atom. The number of benzene rings is 2. The lowest BCUT2D eigenvalue weighted by Gasteiger charge is -2.27. The minimum Gasteiger partial charge on any atom is -0.374 e. The first-order chi connectivity index (χ1) is 14.1. The smallest absolute Gasteiger partial charge is 0.257 e. The molecule has 4 rings (SSSR count). The Bertz CT molecular complexity index is 1040. The second kappa shape index (κ2) is 8.36. The zero-order chi connectivity index (χ0) is 20.2. The van der Waals surface area contributed by atoms with Crippen LogP contribution in [0.5, 0.6) is 0 Å². The summed E-state index contributed by atoms with van der Waals surface area (Å²) in [6, 6.07) is 16.1. The Morgan fingerprint density at radius 3 is 2.55 bits per heavy atom. The zero-order valence-electron chi connectivity index (χ0n) is 16.9. The summed E-state index contributed by atoms with van der Waals surface area (Å²) in [6.07, 6.45) is 12.8. The zero-order valence-corrected chi connectivity index (χ0v) is 16.9. The van der Waals surface area contributed by atoms with E-state index in [0.29, 0.717) is 5.57 Å². The summed E-state index contributed by atoms with van der Waals surface area (Å²) in [4.78, 5) is 13.1. The lowest BCUT2D eigenvalue weighted by molar-refractivity contribution is -0.112. The highest BCUT2D eigenvalue weighted by atomic mass is 16.1. The molecule has 146 valence electrons. The third-order valence-electron chi connectivity index (χ3n) is 5.48. The van der Waals surface area contributed by atoms with E-state index in [4.69, 9.17) is 0 Å². The standard InChI is InChI=1S/C26H26N2O/c1-18-13-14-22(17-19(18)2)27-26(29)23-15-16-24(20-9-5-3-6-10-20)28-25(23)21-11-7-4-8-12-21/h4-5,7-17,24,28H,3,6H2,1-2H3,(H,27,29). The Hall–Kier alpha value is -3.33. The van der Waals surface area contributed by atoms with Crippen LogP contribution in [-0.4, -0.2) is 11.9 Å². The second-order valence-corrected chi connectivity index (χ2v) is 7.57. The van der Waals surface area contributed by atoms with Crippen molar-refractivity contribution >= 4 is 17.3 Å². The number of carbonyl (C=O) groups is 1. The molecular weight excluding hydrogens is 356 g/mol. The maximum absolute atomic E-state index is 13.1. The number of amides is 1. The van der Waals surface area contributed by atoms with Crippen LogP contribution in [0.1, 0.15) is 29.5 Å². The average Bonchev–Trinajstić information content (AvgIpc) is 2.77. The first kappa shape index (κ1) is 19.0. The number of rotatable bonds is 4. The van der Waals surface area contributed by atoms with Crippen molar-refractivity contribution in [3.8, 4) is 0 Å². The predicted octanol–water partition coefficient (Wildman–Crippen LogP) is 5.46. The summed E-state index contributed by atoms with van der Waals surface area (Å²) in [5, 5.41) is 6.65. The number of aryl methyl sites for hydroxylation is 2. The van der Waals surface area contributed by atoms with Gasteiger partial charge in [-0.2, -0.15) is 0 Å². The number of carbonyl (C=O) groups excluding carboxylic acids is 1. The topological polar surface area (TPSA) is 41.1 Å². The van der Waals surface area contributed by atoms with Gasteiger partial charge in [-0.05, 0) is 67.2 Å². The molecular formula is C26H26N2O. The lowest BCUT2D eigenvalue weighted by Crippen LogP contribution is -2.33. The summed E-state index contributed by atoms with van der Waals surface area (Å²) in [5.41, 5.74) is 6.94. The SMILES string of the molecule is Cc1ccc(NC(=O)C2=C(c3ccccc3)NC(C3=CCCC=C3)C=C2)cc1C. The Morgan fingerprint density at radius 1 is 1.00 bits per heavy atom. The van der Waals surface area contributed by atoms with E-state index in [1.165, 1.54) is 11.1 Å². The van der Waals surface area contributed by atoms with Crippen LogP contribution >= 0.6 is 0 Å². The van der Waals surface area contributed by atoms with Crippen molar-refractivity contribution in [2.45, 2.75) is 32.7 Å². The fraction of sp³-hybridized carbons (Fsp3) is 0.192. The van der Waals surface area contributed by atoms with E-state index >= 15 is 0 Å². The number of nitrogens with one attached hydrogen (secondary N) is 2. The fourth-order valence-corrected chi connectivity index (χ4v) is 3.67. The van der Waals surface area contributed by atoms with Crippen LogP contribution in [-0.2, 0) is 4.79 Å². The van der Waals surface area contributed by atoms with E-state index in [-0.39, 0.29) is 11.9 Å². The quantitative estimate of drug-likeness (QED) is 0.737. The summed E-state index contributed by atoms with van der Waals surface area (Å²) in [5.74, 6) is -0.109. The molecule has 0 radical (unpaired) electrons. The van der Waals surface area contributed by atoms with Gasteiger partial charge in [0, 0.05) is 5.69 Å². The van der Waals surface area contributed by atoms with Crippen LogP contribution in [0, 0.1) is 13.8 Å². The van der Waals surface area contributed by atoms with Gasteiger partial charge in [0.25, 0.3) is 5.91 Å². The molecule has 2 aromatic carbocycles. The molecule has 3 nitrogen and oxygen atoms in total. The monoisotopic (exact) mass is 382 g/mol. The normalized spacial score (nSPS) is 18.3. The van der Waals surface area contributed by atoms with Gasteiger partial charge in [-0.1, -0.05) is 60.7 Å². The minimum absolute atomic E-state index is 0.0694.